The Kier molecular flexibility index (Phi) is 4.81. The second kappa shape index (κ2) is 6.58. The number of nitrogens with one attached hydrogen (secondary N) is 1. The SMILES string of the molecule is Cc1ncc(CNC(=O)CCC(=O)c2cccs2)s1. The highest BCUT2D eigenvalue weighted by atomic mass is 32.1. The van der Waals surface area contributed by atoms with Gasteiger partial charge in [0.05, 0.1) is 16.4 Å². The van der Waals surface area contributed by atoms with Crippen molar-refractivity contribution in [2.75, 3.05) is 0 Å². The molecular formula is C13H14N2O2S2. The largest absolute Gasteiger partial charge is 0.351 e. The summed E-state index contributed by atoms with van der Waals surface area (Å²) in [6.45, 7) is 2.41. The van der Waals surface area contributed by atoms with Crippen LogP contribution in [0.5, 0.6) is 0 Å². The van der Waals surface area contributed by atoms with Crippen molar-refractivity contribution in [3.63, 3.8) is 0 Å². The van der Waals surface area contributed by atoms with Crippen LogP contribution in [0.15, 0.2) is 23.7 Å². The molecule has 0 atom stereocenters. The number of nitrogens with zero attached hydrogens (tertiary/aromatic N) is 1. The van der Waals surface area contributed by atoms with Crippen LogP contribution in [0.3, 0.4) is 0 Å². The zero-order chi connectivity index (χ0) is 13.7. The molecular weight excluding hydrogens is 280 g/mol. The molecule has 0 spiro atoms. The van der Waals surface area contributed by atoms with E-state index in [1.807, 2.05) is 18.4 Å². The Morgan fingerprint density at radius 1 is 1.37 bits per heavy atom. The highest BCUT2D eigenvalue weighted by molar-refractivity contribution is 7.12. The van der Waals surface area contributed by atoms with Gasteiger partial charge in [-0.15, -0.1) is 22.7 Å². The molecule has 0 aliphatic rings. The first-order valence-electron chi connectivity index (χ1n) is 5.90. The van der Waals surface area contributed by atoms with Crippen LogP contribution in [0.4, 0.5) is 0 Å². The number of amides is 1. The second-order valence-corrected chi connectivity index (χ2v) is 6.29. The van der Waals surface area contributed by atoms with E-state index in [0.717, 1.165) is 9.88 Å². The Labute approximate surface area is 119 Å². The van der Waals surface area contributed by atoms with Gasteiger partial charge in [0, 0.05) is 23.9 Å². The van der Waals surface area contributed by atoms with Gasteiger partial charge in [-0.05, 0) is 18.4 Å². The molecule has 2 rings (SSSR count). The predicted octanol–water partition coefficient (Wildman–Crippen LogP) is 2.79. The predicted molar refractivity (Wildman–Crippen MR) is 76.6 cm³/mol. The fourth-order valence-electron chi connectivity index (χ4n) is 1.55. The average molecular weight is 294 g/mol. The molecule has 6 heteroatoms. The molecule has 1 N–H and O–H groups in total. The van der Waals surface area contributed by atoms with Gasteiger partial charge in [-0.3, -0.25) is 9.59 Å². The lowest BCUT2D eigenvalue weighted by molar-refractivity contribution is -0.121. The van der Waals surface area contributed by atoms with Crippen molar-refractivity contribution in [1.29, 1.82) is 0 Å². The first kappa shape index (κ1) is 13.9. The third-order valence-electron chi connectivity index (χ3n) is 2.50. The number of rotatable bonds is 6. The van der Waals surface area contributed by atoms with Crippen LogP contribution in [-0.4, -0.2) is 16.7 Å². The van der Waals surface area contributed by atoms with E-state index in [-0.39, 0.29) is 24.5 Å². The number of aryl methyl sites for hydroxylation is 1. The number of thiazole rings is 1. The molecule has 0 radical (unpaired) electrons. The van der Waals surface area contributed by atoms with Crippen molar-refractivity contribution in [1.82, 2.24) is 10.3 Å². The number of hydrogen-bond donors (Lipinski definition) is 1. The van der Waals surface area contributed by atoms with Crippen molar-refractivity contribution >= 4 is 34.4 Å². The lowest BCUT2D eigenvalue weighted by Gasteiger charge is -2.02. The number of Topliss-reactive ketones (excluding diaryl/α,β-unsaturated/α-hetero) is 1. The number of carbonyl (C=O) groups is 2. The van der Waals surface area contributed by atoms with Crippen molar-refractivity contribution < 1.29 is 9.59 Å². The molecule has 0 aromatic carbocycles. The zero-order valence-electron chi connectivity index (χ0n) is 10.5. The van der Waals surface area contributed by atoms with Gasteiger partial charge in [0.1, 0.15) is 0 Å². The van der Waals surface area contributed by atoms with Crippen LogP contribution in [-0.2, 0) is 11.3 Å². The molecule has 0 unspecified atom stereocenters. The summed E-state index contributed by atoms with van der Waals surface area (Å²) in [7, 11) is 0. The zero-order valence-corrected chi connectivity index (χ0v) is 12.1. The lowest BCUT2D eigenvalue weighted by Crippen LogP contribution is -2.22. The normalized spacial score (nSPS) is 10.4. The molecule has 4 nitrogen and oxygen atoms in total. The molecule has 0 saturated carbocycles. The molecule has 2 aromatic heterocycles. The van der Waals surface area contributed by atoms with Gasteiger partial charge in [-0.1, -0.05) is 6.07 Å². The van der Waals surface area contributed by atoms with Gasteiger partial charge in [-0.25, -0.2) is 4.98 Å². The maximum atomic E-state index is 11.7. The van der Waals surface area contributed by atoms with E-state index < -0.39 is 0 Å². The summed E-state index contributed by atoms with van der Waals surface area (Å²) in [6.07, 6.45) is 2.25. The number of aromatic nitrogens is 1. The highest BCUT2D eigenvalue weighted by Crippen LogP contribution is 2.13. The number of hydrogen-bond acceptors (Lipinski definition) is 5. The first-order chi connectivity index (χ1) is 9.15. The standard InChI is InChI=1S/C13H14N2O2S2/c1-9-14-7-10(19-9)8-15-13(17)5-4-11(16)12-3-2-6-18-12/h2-3,6-7H,4-5,8H2,1H3,(H,15,17). The van der Waals surface area contributed by atoms with Crippen LogP contribution in [0.1, 0.15) is 32.4 Å². The maximum absolute atomic E-state index is 11.7. The fourth-order valence-corrected chi connectivity index (χ4v) is 2.98. The number of thiophene rings is 1. The maximum Gasteiger partial charge on any atom is 0.220 e. The number of carbonyl (C=O) groups excluding carboxylic acids is 2. The van der Waals surface area contributed by atoms with Crippen LogP contribution < -0.4 is 5.32 Å². The van der Waals surface area contributed by atoms with E-state index >= 15 is 0 Å². The Hall–Kier alpha value is -1.53. The molecule has 2 heterocycles. The van der Waals surface area contributed by atoms with Crippen molar-refractivity contribution in [3.8, 4) is 0 Å². The minimum atomic E-state index is -0.101. The average Bonchev–Trinajstić information content (AvgIpc) is 3.04. The van der Waals surface area contributed by atoms with Crippen molar-refractivity contribution in [3.05, 3.63) is 38.5 Å². The van der Waals surface area contributed by atoms with E-state index in [1.165, 1.54) is 11.3 Å². The van der Waals surface area contributed by atoms with Crippen LogP contribution >= 0.6 is 22.7 Å². The van der Waals surface area contributed by atoms with E-state index in [4.69, 9.17) is 0 Å². The molecule has 19 heavy (non-hydrogen) atoms. The Bertz CT molecular complexity index is 561. The lowest BCUT2D eigenvalue weighted by atomic mass is 10.2. The first-order valence-corrected chi connectivity index (χ1v) is 7.59. The van der Waals surface area contributed by atoms with Gasteiger partial charge in [0.25, 0.3) is 0 Å². The third kappa shape index (κ3) is 4.25. The van der Waals surface area contributed by atoms with Gasteiger partial charge in [0.15, 0.2) is 5.78 Å². The van der Waals surface area contributed by atoms with Crippen LogP contribution in [0.25, 0.3) is 0 Å². The van der Waals surface area contributed by atoms with E-state index in [9.17, 15) is 9.59 Å². The van der Waals surface area contributed by atoms with Crippen molar-refractivity contribution in [2.45, 2.75) is 26.3 Å². The topological polar surface area (TPSA) is 59.1 Å². The molecule has 2 aromatic rings. The molecule has 0 aliphatic heterocycles. The molecule has 1 amide bonds. The molecule has 100 valence electrons. The summed E-state index contributed by atoms with van der Waals surface area (Å²) >= 11 is 2.97. The van der Waals surface area contributed by atoms with Gasteiger partial charge >= 0.3 is 0 Å². The minimum Gasteiger partial charge on any atom is -0.351 e. The summed E-state index contributed by atoms with van der Waals surface area (Å²) < 4.78 is 0. The van der Waals surface area contributed by atoms with Crippen molar-refractivity contribution in [2.24, 2.45) is 0 Å². The van der Waals surface area contributed by atoms with E-state index in [1.54, 1.807) is 23.6 Å². The molecule has 0 saturated heterocycles. The second-order valence-electron chi connectivity index (χ2n) is 4.02. The summed E-state index contributed by atoms with van der Waals surface area (Å²) in [4.78, 5) is 29.2. The smallest absolute Gasteiger partial charge is 0.220 e. The van der Waals surface area contributed by atoms with Gasteiger partial charge < -0.3 is 5.32 Å². The Morgan fingerprint density at radius 3 is 2.84 bits per heavy atom. The third-order valence-corrected chi connectivity index (χ3v) is 4.33. The van der Waals surface area contributed by atoms with E-state index in [2.05, 4.69) is 10.3 Å². The fraction of sp³-hybridized carbons (Fsp3) is 0.308. The van der Waals surface area contributed by atoms with Crippen LogP contribution in [0, 0.1) is 6.92 Å². The Morgan fingerprint density at radius 2 is 2.21 bits per heavy atom. The molecule has 0 bridgehead atoms. The Balaban J connectivity index is 1.71. The summed E-state index contributed by atoms with van der Waals surface area (Å²) in [5.41, 5.74) is 0. The highest BCUT2D eigenvalue weighted by Gasteiger charge is 2.10. The van der Waals surface area contributed by atoms with Gasteiger partial charge in [-0.2, -0.15) is 0 Å². The van der Waals surface area contributed by atoms with Gasteiger partial charge in [0.2, 0.25) is 5.91 Å². The van der Waals surface area contributed by atoms with Crippen LogP contribution in [0.2, 0.25) is 0 Å². The summed E-state index contributed by atoms with van der Waals surface area (Å²) in [6, 6.07) is 3.62. The molecule has 0 fully saturated rings. The number of ketones is 1. The minimum absolute atomic E-state index is 0.0267. The summed E-state index contributed by atoms with van der Waals surface area (Å²) in [5, 5.41) is 5.64. The van der Waals surface area contributed by atoms with E-state index in [0.29, 0.717) is 11.4 Å². The molecule has 0 aliphatic carbocycles. The summed E-state index contributed by atoms with van der Waals surface area (Å²) in [5.74, 6) is -0.0743. The quantitative estimate of drug-likeness (QED) is 0.833. The monoisotopic (exact) mass is 294 g/mol.